The summed E-state index contributed by atoms with van der Waals surface area (Å²) in [6.45, 7) is 2.14. The van der Waals surface area contributed by atoms with Crippen molar-refractivity contribution >= 4 is 10.5 Å². The molecule has 0 aromatic rings. The van der Waals surface area contributed by atoms with Gasteiger partial charge in [-0.2, -0.15) is 12.8 Å². The van der Waals surface area contributed by atoms with Crippen LogP contribution >= 0.6 is 0 Å². The maximum atomic E-state index is 10.3. The zero-order chi connectivity index (χ0) is 9.03. The van der Waals surface area contributed by atoms with E-state index in [1.165, 1.54) is 12.8 Å². The molecule has 0 unspecified atom stereocenters. The third-order valence-corrected chi connectivity index (χ3v) is 2.88. The van der Waals surface area contributed by atoms with Gasteiger partial charge in [0.1, 0.15) is 0 Å². The SMILES string of the molecule is CCCCCC1(N=S(=O)=O)CC1. The van der Waals surface area contributed by atoms with Gasteiger partial charge < -0.3 is 0 Å². The van der Waals surface area contributed by atoms with Crippen LogP contribution in [0.15, 0.2) is 4.36 Å². The lowest BCUT2D eigenvalue weighted by molar-refractivity contribution is 0.549. The topological polar surface area (TPSA) is 46.5 Å². The van der Waals surface area contributed by atoms with Crippen molar-refractivity contribution in [2.45, 2.75) is 51.0 Å². The number of unbranched alkanes of at least 4 members (excludes halogenated alkanes) is 2. The third kappa shape index (κ3) is 2.93. The average Bonchev–Trinajstić information content (AvgIpc) is 2.69. The Balaban J connectivity index is 2.35. The Morgan fingerprint density at radius 3 is 2.42 bits per heavy atom. The molecule has 0 aromatic heterocycles. The Labute approximate surface area is 74.9 Å². The number of rotatable bonds is 5. The van der Waals surface area contributed by atoms with Crippen molar-refractivity contribution in [2.24, 2.45) is 4.36 Å². The van der Waals surface area contributed by atoms with E-state index in [0.717, 1.165) is 25.7 Å². The van der Waals surface area contributed by atoms with Crippen LogP contribution in [0.25, 0.3) is 0 Å². The summed E-state index contributed by atoms with van der Waals surface area (Å²) < 4.78 is 24.4. The van der Waals surface area contributed by atoms with Crippen molar-refractivity contribution in [3.05, 3.63) is 0 Å². The molecule has 0 atom stereocenters. The van der Waals surface area contributed by atoms with E-state index in [4.69, 9.17) is 0 Å². The van der Waals surface area contributed by atoms with Crippen LogP contribution in [-0.2, 0) is 10.5 Å². The Kier molecular flexibility index (Phi) is 3.26. The number of hydrogen-bond donors (Lipinski definition) is 0. The molecule has 0 N–H and O–H groups in total. The van der Waals surface area contributed by atoms with Gasteiger partial charge in [-0.15, -0.1) is 0 Å². The Bertz CT molecular complexity index is 257. The van der Waals surface area contributed by atoms with Gasteiger partial charge in [-0.3, -0.25) is 0 Å². The summed E-state index contributed by atoms with van der Waals surface area (Å²) in [4.78, 5) is 0. The first-order chi connectivity index (χ1) is 5.68. The largest absolute Gasteiger partial charge is 0.311 e. The van der Waals surface area contributed by atoms with Gasteiger partial charge in [0, 0.05) is 0 Å². The Morgan fingerprint density at radius 2 is 2.00 bits per heavy atom. The van der Waals surface area contributed by atoms with Crippen LogP contribution in [0.5, 0.6) is 0 Å². The molecule has 0 radical (unpaired) electrons. The van der Waals surface area contributed by atoms with Crippen LogP contribution < -0.4 is 0 Å². The summed E-state index contributed by atoms with van der Waals surface area (Å²) in [5.74, 6) is 0. The summed E-state index contributed by atoms with van der Waals surface area (Å²) in [6, 6.07) is 0. The highest BCUT2D eigenvalue weighted by Crippen LogP contribution is 2.44. The van der Waals surface area contributed by atoms with Gasteiger partial charge in [0.05, 0.1) is 5.54 Å². The molecule has 1 rings (SSSR count). The van der Waals surface area contributed by atoms with Gasteiger partial charge in [0.15, 0.2) is 0 Å². The van der Waals surface area contributed by atoms with Gasteiger partial charge in [0.2, 0.25) is 0 Å². The fourth-order valence-corrected chi connectivity index (χ4v) is 1.98. The molecular weight excluding hydrogens is 174 g/mol. The Morgan fingerprint density at radius 1 is 1.33 bits per heavy atom. The average molecular weight is 189 g/mol. The van der Waals surface area contributed by atoms with E-state index in [1.54, 1.807) is 0 Å². The standard InChI is InChI=1S/C8H15NO2S/c1-2-3-4-5-8(6-7-8)9-12(10)11/h2-7H2,1H3. The molecule has 12 heavy (non-hydrogen) atoms. The molecule has 0 saturated heterocycles. The Hall–Kier alpha value is -0.380. The predicted molar refractivity (Wildman–Crippen MR) is 47.5 cm³/mol. The maximum Gasteiger partial charge on any atom is 0.311 e. The minimum Gasteiger partial charge on any atom is -0.165 e. The maximum absolute atomic E-state index is 10.3. The van der Waals surface area contributed by atoms with Gasteiger partial charge in [0.25, 0.3) is 0 Å². The number of nitrogens with zero attached hydrogens (tertiary/aromatic N) is 1. The molecule has 0 amide bonds. The zero-order valence-electron chi connectivity index (χ0n) is 7.41. The predicted octanol–water partition coefficient (Wildman–Crippen LogP) is 2.16. The van der Waals surface area contributed by atoms with Crippen molar-refractivity contribution in [2.75, 3.05) is 0 Å². The summed E-state index contributed by atoms with van der Waals surface area (Å²) in [5.41, 5.74) is -0.165. The van der Waals surface area contributed by atoms with Crippen molar-refractivity contribution in [1.29, 1.82) is 0 Å². The van der Waals surface area contributed by atoms with Crippen LogP contribution in [0, 0.1) is 0 Å². The molecule has 1 aliphatic rings. The van der Waals surface area contributed by atoms with Gasteiger partial charge >= 0.3 is 10.5 Å². The van der Waals surface area contributed by atoms with E-state index >= 15 is 0 Å². The van der Waals surface area contributed by atoms with Crippen LogP contribution in [0.4, 0.5) is 0 Å². The second-order valence-corrected chi connectivity index (χ2v) is 4.11. The van der Waals surface area contributed by atoms with Gasteiger partial charge in [-0.05, 0) is 19.3 Å². The summed E-state index contributed by atoms with van der Waals surface area (Å²) >= 11 is 0. The summed E-state index contributed by atoms with van der Waals surface area (Å²) in [5, 5.41) is 0. The lowest BCUT2D eigenvalue weighted by Crippen LogP contribution is -2.03. The smallest absolute Gasteiger partial charge is 0.165 e. The molecule has 0 bridgehead atoms. The first-order valence-electron chi connectivity index (χ1n) is 4.51. The van der Waals surface area contributed by atoms with E-state index in [1.807, 2.05) is 0 Å². The molecule has 70 valence electrons. The quantitative estimate of drug-likeness (QED) is 0.622. The highest BCUT2D eigenvalue weighted by atomic mass is 32.2. The van der Waals surface area contributed by atoms with E-state index < -0.39 is 10.5 Å². The molecule has 0 aliphatic heterocycles. The molecule has 1 aliphatic carbocycles. The molecule has 1 fully saturated rings. The number of hydrogen-bond acceptors (Lipinski definition) is 3. The van der Waals surface area contributed by atoms with Crippen molar-refractivity contribution < 1.29 is 8.42 Å². The molecule has 0 heterocycles. The molecular formula is C8H15NO2S. The second-order valence-electron chi connectivity index (χ2n) is 3.49. The lowest BCUT2D eigenvalue weighted by atomic mass is 10.1. The minimum atomic E-state index is -2.20. The molecule has 0 aromatic carbocycles. The van der Waals surface area contributed by atoms with Crippen LogP contribution in [0.2, 0.25) is 0 Å². The molecule has 4 heteroatoms. The fourth-order valence-electron chi connectivity index (χ4n) is 1.39. The van der Waals surface area contributed by atoms with E-state index in [2.05, 4.69) is 11.3 Å². The first-order valence-corrected chi connectivity index (χ1v) is 5.54. The van der Waals surface area contributed by atoms with Crippen LogP contribution in [-0.4, -0.2) is 14.0 Å². The molecule has 0 spiro atoms. The third-order valence-electron chi connectivity index (χ3n) is 2.34. The van der Waals surface area contributed by atoms with Gasteiger partial charge in [-0.25, -0.2) is 0 Å². The fraction of sp³-hybridized carbons (Fsp3) is 1.00. The van der Waals surface area contributed by atoms with E-state index in [0.29, 0.717) is 0 Å². The highest BCUT2D eigenvalue weighted by molar-refractivity contribution is 7.61. The highest BCUT2D eigenvalue weighted by Gasteiger charge is 2.42. The van der Waals surface area contributed by atoms with Crippen LogP contribution in [0.1, 0.15) is 45.4 Å². The second kappa shape index (κ2) is 4.03. The van der Waals surface area contributed by atoms with Crippen molar-refractivity contribution in [3.63, 3.8) is 0 Å². The zero-order valence-corrected chi connectivity index (χ0v) is 8.23. The van der Waals surface area contributed by atoms with E-state index in [9.17, 15) is 8.42 Å². The molecule has 3 nitrogen and oxygen atoms in total. The summed E-state index contributed by atoms with van der Waals surface area (Å²) in [6.07, 6.45) is 6.35. The van der Waals surface area contributed by atoms with Crippen LogP contribution in [0.3, 0.4) is 0 Å². The monoisotopic (exact) mass is 189 g/mol. The molecule has 1 saturated carbocycles. The lowest BCUT2D eigenvalue weighted by Gasteiger charge is -2.04. The normalized spacial score (nSPS) is 18.8. The van der Waals surface area contributed by atoms with Gasteiger partial charge in [-0.1, -0.05) is 26.2 Å². The van der Waals surface area contributed by atoms with Crippen molar-refractivity contribution in [1.82, 2.24) is 0 Å². The van der Waals surface area contributed by atoms with Crippen molar-refractivity contribution in [3.8, 4) is 0 Å². The first kappa shape index (κ1) is 9.71. The summed E-state index contributed by atoms with van der Waals surface area (Å²) in [7, 11) is -2.20. The minimum absolute atomic E-state index is 0.165. The van der Waals surface area contributed by atoms with E-state index in [-0.39, 0.29) is 5.54 Å².